The number of benzene rings is 2. The summed E-state index contributed by atoms with van der Waals surface area (Å²) in [7, 11) is -1.46. The Balaban J connectivity index is 1.80. The molecule has 4 rings (SSSR count). The average Bonchev–Trinajstić information content (AvgIpc) is 2.78. The Morgan fingerprint density at radius 3 is 2.08 bits per heavy atom. The molecule has 3 nitrogen and oxygen atoms in total. The maximum Gasteiger partial charge on any atom is 0.387 e. The predicted molar refractivity (Wildman–Crippen MR) is 108 cm³/mol. The molecule has 4 heteroatoms. The molecule has 1 aliphatic carbocycles. The van der Waals surface area contributed by atoms with Crippen LogP contribution in [0.3, 0.4) is 0 Å². The highest BCUT2D eigenvalue weighted by Gasteiger charge is 2.33. The third-order valence-corrected chi connectivity index (χ3v) is 6.73. The standard InChI is InChI=1S/C22H27O3P/c1-15(2)17-13-12-16(3)14-22(17)25-26-23-20-10-6-4-8-18(20)19-9-5-7-11-21(19)24-26/h4-11,15-17,22H,12-14H2,1-3H3/t16-,17+,22-/m1/s1. The normalized spacial score (nSPS) is 23.6. The van der Waals surface area contributed by atoms with Gasteiger partial charge in [0.1, 0.15) is 11.2 Å². The van der Waals surface area contributed by atoms with Crippen LogP contribution in [0.2, 0.25) is 0 Å². The van der Waals surface area contributed by atoms with Crippen LogP contribution in [-0.2, 0) is 0 Å². The molecular formula is C22H27O3P. The monoisotopic (exact) mass is 370 g/mol. The largest absolute Gasteiger partial charge is 0.399 e. The second-order valence-electron chi connectivity index (χ2n) is 7.87. The minimum atomic E-state index is -1.46. The van der Waals surface area contributed by atoms with E-state index in [4.69, 9.17) is 12.9 Å². The van der Waals surface area contributed by atoms with Gasteiger partial charge in [-0.2, -0.15) is 0 Å². The molecule has 0 amide bonds. The first kappa shape index (κ1) is 17.7. The van der Waals surface area contributed by atoms with E-state index in [-0.39, 0.29) is 6.10 Å². The molecule has 0 aliphatic heterocycles. The molecule has 1 saturated carbocycles. The van der Waals surface area contributed by atoms with Gasteiger partial charge in [-0.15, -0.1) is 0 Å². The fourth-order valence-corrected chi connectivity index (χ4v) is 5.33. The van der Waals surface area contributed by atoms with E-state index >= 15 is 0 Å². The summed E-state index contributed by atoms with van der Waals surface area (Å²) in [6, 6.07) is 16.2. The van der Waals surface area contributed by atoms with E-state index in [0.29, 0.717) is 17.8 Å². The Morgan fingerprint density at radius 1 is 0.923 bits per heavy atom. The smallest absolute Gasteiger partial charge is 0.387 e. The van der Waals surface area contributed by atoms with Crippen LogP contribution in [0.4, 0.5) is 0 Å². The molecule has 1 aliphatic rings. The number of hydrogen-bond donors (Lipinski definition) is 0. The minimum Gasteiger partial charge on any atom is -0.399 e. The van der Waals surface area contributed by atoms with Crippen molar-refractivity contribution in [3.63, 3.8) is 0 Å². The average molecular weight is 370 g/mol. The molecule has 2 aromatic carbocycles. The van der Waals surface area contributed by atoms with Crippen molar-refractivity contribution in [1.29, 1.82) is 0 Å². The summed E-state index contributed by atoms with van der Waals surface area (Å²) in [5.41, 5.74) is 1.68. The zero-order valence-electron chi connectivity index (χ0n) is 15.7. The van der Waals surface area contributed by atoms with Crippen molar-refractivity contribution in [1.82, 2.24) is 0 Å². The van der Waals surface area contributed by atoms with E-state index < -0.39 is 8.24 Å². The van der Waals surface area contributed by atoms with Crippen LogP contribution in [0.5, 0.6) is 0 Å². The van der Waals surface area contributed by atoms with E-state index in [9.17, 15) is 0 Å². The lowest BCUT2D eigenvalue weighted by Crippen LogP contribution is -2.35. The summed E-state index contributed by atoms with van der Waals surface area (Å²) in [5.74, 6) is 1.86. The first-order chi connectivity index (χ1) is 12.6. The Bertz CT molecular complexity index is 873. The van der Waals surface area contributed by atoms with Crippen molar-refractivity contribution in [3.8, 4) is 0 Å². The predicted octanol–water partition coefficient (Wildman–Crippen LogP) is 7.18. The van der Waals surface area contributed by atoms with Crippen molar-refractivity contribution in [2.24, 2.45) is 17.8 Å². The lowest BCUT2D eigenvalue weighted by atomic mass is 9.75. The molecular weight excluding hydrogens is 343 g/mol. The van der Waals surface area contributed by atoms with Gasteiger partial charge in [-0.3, -0.25) is 4.52 Å². The zero-order chi connectivity index (χ0) is 18.1. The van der Waals surface area contributed by atoms with E-state index in [0.717, 1.165) is 28.4 Å². The van der Waals surface area contributed by atoms with Crippen LogP contribution < -0.4 is 4.52 Å². The van der Waals surface area contributed by atoms with Gasteiger partial charge in [0.25, 0.3) is 0 Å². The highest BCUT2D eigenvalue weighted by atomic mass is 31.1. The first-order valence-corrected chi connectivity index (χ1v) is 10.7. The summed E-state index contributed by atoms with van der Waals surface area (Å²) >= 11 is 0. The molecule has 3 atom stereocenters. The highest BCUT2D eigenvalue weighted by Crippen LogP contribution is 2.40. The van der Waals surface area contributed by atoms with Crippen LogP contribution in [0, 0.1) is 17.8 Å². The number of hydrogen-bond acceptors (Lipinski definition) is 3. The fourth-order valence-electron chi connectivity index (χ4n) is 4.11. The second-order valence-corrected chi connectivity index (χ2v) is 8.89. The van der Waals surface area contributed by atoms with Gasteiger partial charge in [-0.25, -0.2) is 0 Å². The Labute approximate surface area is 156 Å². The Hall–Kier alpha value is -1.70. The van der Waals surface area contributed by atoms with Gasteiger partial charge < -0.3 is 8.39 Å². The molecule has 0 saturated heterocycles. The maximum atomic E-state index is 6.49. The summed E-state index contributed by atoms with van der Waals surface area (Å²) in [6.07, 6.45) is 3.79. The van der Waals surface area contributed by atoms with Crippen molar-refractivity contribution in [2.45, 2.75) is 46.1 Å². The van der Waals surface area contributed by atoms with Gasteiger partial charge in [0.15, 0.2) is 0 Å². The number of para-hydroxylation sites is 2. The summed E-state index contributed by atoms with van der Waals surface area (Å²) in [4.78, 5) is 0. The van der Waals surface area contributed by atoms with E-state index in [1.807, 2.05) is 36.4 Å². The molecule has 138 valence electrons. The molecule has 1 fully saturated rings. The van der Waals surface area contributed by atoms with Gasteiger partial charge in [0.05, 0.1) is 6.10 Å². The van der Waals surface area contributed by atoms with Gasteiger partial charge in [-0.1, -0.05) is 63.6 Å². The minimum absolute atomic E-state index is 0.197. The van der Waals surface area contributed by atoms with Crippen molar-refractivity contribution in [3.05, 3.63) is 48.5 Å². The number of rotatable bonds is 3. The molecule has 3 aromatic rings. The topological polar surface area (TPSA) is 35.5 Å². The molecule has 0 unspecified atom stereocenters. The van der Waals surface area contributed by atoms with Gasteiger partial charge in [-0.05, 0) is 42.7 Å². The summed E-state index contributed by atoms with van der Waals surface area (Å²) in [6.45, 7) is 6.91. The first-order valence-electron chi connectivity index (χ1n) is 9.63. The van der Waals surface area contributed by atoms with Gasteiger partial charge in [0.2, 0.25) is 0 Å². The van der Waals surface area contributed by atoms with Gasteiger partial charge >= 0.3 is 8.24 Å². The van der Waals surface area contributed by atoms with E-state index in [1.54, 1.807) is 0 Å². The highest BCUT2D eigenvalue weighted by molar-refractivity contribution is 7.31. The van der Waals surface area contributed by atoms with E-state index in [1.165, 1.54) is 12.8 Å². The van der Waals surface area contributed by atoms with Crippen LogP contribution in [0.15, 0.2) is 56.9 Å². The van der Waals surface area contributed by atoms with Crippen molar-refractivity contribution < 1.29 is 12.9 Å². The van der Waals surface area contributed by atoms with Crippen molar-refractivity contribution in [2.75, 3.05) is 0 Å². The zero-order valence-corrected chi connectivity index (χ0v) is 16.6. The van der Waals surface area contributed by atoms with Crippen LogP contribution in [-0.4, -0.2) is 6.10 Å². The lowest BCUT2D eigenvalue weighted by Gasteiger charge is -2.35. The molecule has 0 radical (unpaired) electrons. The molecule has 26 heavy (non-hydrogen) atoms. The molecule has 0 N–H and O–H groups in total. The second kappa shape index (κ2) is 7.50. The quantitative estimate of drug-likeness (QED) is 0.490. The third-order valence-electron chi connectivity index (χ3n) is 5.59. The van der Waals surface area contributed by atoms with Crippen LogP contribution in [0.25, 0.3) is 21.9 Å². The van der Waals surface area contributed by atoms with Gasteiger partial charge in [0, 0.05) is 10.8 Å². The Kier molecular flexibility index (Phi) is 5.11. The van der Waals surface area contributed by atoms with Crippen LogP contribution in [0.1, 0.15) is 40.0 Å². The Morgan fingerprint density at radius 2 is 1.50 bits per heavy atom. The SMILES string of the molecule is CC(C)[C@@H]1CC[C@@H](C)C[C@H]1Op1oc2ccccc2c2ccccc2o1. The maximum absolute atomic E-state index is 6.49. The lowest BCUT2D eigenvalue weighted by molar-refractivity contribution is 0.0746. The molecule has 1 aromatic heterocycles. The molecule has 0 bridgehead atoms. The number of fused-ring (bicyclic) bond motifs is 3. The van der Waals surface area contributed by atoms with E-state index in [2.05, 4.69) is 32.9 Å². The fraction of sp³-hybridized carbons (Fsp3) is 0.455. The third kappa shape index (κ3) is 3.56. The summed E-state index contributed by atoms with van der Waals surface area (Å²) in [5, 5.41) is 2.13. The molecule has 1 heterocycles. The molecule has 0 spiro atoms. The van der Waals surface area contributed by atoms with Crippen molar-refractivity contribution >= 4 is 30.2 Å². The summed E-state index contributed by atoms with van der Waals surface area (Å²) < 4.78 is 18.9. The van der Waals surface area contributed by atoms with Crippen LogP contribution >= 0.6 is 8.24 Å².